The van der Waals surface area contributed by atoms with Gasteiger partial charge < -0.3 is 9.47 Å². The highest BCUT2D eigenvalue weighted by Crippen LogP contribution is 2.17. The molecule has 1 fully saturated rings. The second kappa shape index (κ2) is 6.15. The van der Waals surface area contributed by atoms with Crippen molar-refractivity contribution >= 4 is 0 Å². The SMILES string of the molecule is COCC1C(C)OCCN1Cc1ccccc1. The summed E-state index contributed by atoms with van der Waals surface area (Å²) in [5.74, 6) is 0. The lowest BCUT2D eigenvalue weighted by Gasteiger charge is -2.39. The monoisotopic (exact) mass is 235 g/mol. The molecule has 0 bridgehead atoms. The van der Waals surface area contributed by atoms with E-state index in [1.54, 1.807) is 7.11 Å². The molecule has 1 aliphatic heterocycles. The molecule has 1 saturated heterocycles. The number of nitrogens with zero attached hydrogens (tertiary/aromatic N) is 1. The molecule has 0 spiro atoms. The third kappa shape index (κ3) is 3.28. The molecule has 0 saturated carbocycles. The van der Waals surface area contributed by atoms with Gasteiger partial charge >= 0.3 is 0 Å². The van der Waals surface area contributed by atoms with E-state index >= 15 is 0 Å². The average Bonchev–Trinajstić information content (AvgIpc) is 2.35. The molecule has 3 nitrogen and oxygen atoms in total. The van der Waals surface area contributed by atoms with E-state index in [1.807, 2.05) is 0 Å². The van der Waals surface area contributed by atoms with Crippen molar-refractivity contribution in [2.24, 2.45) is 0 Å². The van der Waals surface area contributed by atoms with Crippen LogP contribution in [0.2, 0.25) is 0 Å². The number of hydrogen-bond acceptors (Lipinski definition) is 3. The van der Waals surface area contributed by atoms with Crippen LogP contribution in [0.3, 0.4) is 0 Å². The number of benzene rings is 1. The summed E-state index contributed by atoms with van der Waals surface area (Å²) in [6, 6.07) is 10.9. The lowest BCUT2D eigenvalue weighted by molar-refractivity contribution is -0.0856. The average molecular weight is 235 g/mol. The maximum Gasteiger partial charge on any atom is 0.0725 e. The molecule has 94 valence electrons. The summed E-state index contributed by atoms with van der Waals surface area (Å²) in [6.45, 7) is 5.62. The molecule has 3 heteroatoms. The number of morpholine rings is 1. The van der Waals surface area contributed by atoms with Crippen molar-refractivity contribution in [3.8, 4) is 0 Å². The maximum atomic E-state index is 5.69. The Labute approximate surface area is 103 Å². The molecule has 1 heterocycles. The summed E-state index contributed by atoms with van der Waals surface area (Å²) in [6.07, 6.45) is 0.243. The fourth-order valence-electron chi connectivity index (χ4n) is 2.36. The van der Waals surface area contributed by atoms with Gasteiger partial charge in [0.1, 0.15) is 0 Å². The number of methoxy groups -OCH3 is 1. The molecule has 1 aromatic carbocycles. The molecule has 0 aromatic heterocycles. The first-order chi connectivity index (χ1) is 8.31. The van der Waals surface area contributed by atoms with Crippen LogP contribution in [0.5, 0.6) is 0 Å². The van der Waals surface area contributed by atoms with Gasteiger partial charge in [0, 0.05) is 20.2 Å². The topological polar surface area (TPSA) is 21.7 Å². The summed E-state index contributed by atoms with van der Waals surface area (Å²) >= 11 is 0. The van der Waals surface area contributed by atoms with E-state index in [0.717, 1.165) is 26.3 Å². The zero-order chi connectivity index (χ0) is 12.1. The Kier molecular flexibility index (Phi) is 4.54. The van der Waals surface area contributed by atoms with E-state index in [9.17, 15) is 0 Å². The first kappa shape index (κ1) is 12.6. The molecule has 17 heavy (non-hydrogen) atoms. The van der Waals surface area contributed by atoms with Crippen LogP contribution in [-0.4, -0.2) is 43.9 Å². The summed E-state index contributed by atoms with van der Waals surface area (Å²) < 4.78 is 11.0. The highest BCUT2D eigenvalue weighted by molar-refractivity contribution is 5.14. The predicted molar refractivity (Wildman–Crippen MR) is 67.9 cm³/mol. The summed E-state index contributed by atoms with van der Waals surface area (Å²) in [5.41, 5.74) is 1.35. The fourth-order valence-corrected chi connectivity index (χ4v) is 2.36. The zero-order valence-electron chi connectivity index (χ0n) is 10.6. The summed E-state index contributed by atoms with van der Waals surface area (Å²) in [7, 11) is 1.75. The Hall–Kier alpha value is -0.900. The van der Waals surface area contributed by atoms with Crippen molar-refractivity contribution in [1.82, 2.24) is 4.90 Å². The molecule has 0 N–H and O–H groups in total. The third-order valence-electron chi connectivity index (χ3n) is 3.34. The Morgan fingerprint density at radius 1 is 1.35 bits per heavy atom. The largest absolute Gasteiger partial charge is 0.383 e. The molecular weight excluding hydrogens is 214 g/mol. The first-order valence-corrected chi connectivity index (χ1v) is 6.20. The van der Waals surface area contributed by atoms with Gasteiger partial charge in [-0.25, -0.2) is 0 Å². The van der Waals surface area contributed by atoms with Crippen molar-refractivity contribution in [2.75, 3.05) is 26.9 Å². The molecule has 2 atom stereocenters. The number of hydrogen-bond donors (Lipinski definition) is 0. The number of rotatable bonds is 4. The molecule has 1 aromatic rings. The van der Waals surface area contributed by atoms with Crippen LogP contribution in [0.25, 0.3) is 0 Å². The van der Waals surface area contributed by atoms with Gasteiger partial charge in [0.15, 0.2) is 0 Å². The molecule has 0 radical (unpaired) electrons. The molecule has 2 unspecified atom stereocenters. The Balaban J connectivity index is 2.02. The minimum absolute atomic E-state index is 0.243. The lowest BCUT2D eigenvalue weighted by Crippen LogP contribution is -2.51. The van der Waals surface area contributed by atoms with Gasteiger partial charge in [-0.1, -0.05) is 30.3 Å². The minimum Gasteiger partial charge on any atom is -0.383 e. The van der Waals surface area contributed by atoms with Gasteiger partial charge in [-0.3, -0.25) is 4.90 Å². The van der Waals surface area contributed by atoms with E-state index < -0.39 is 0 Å². The van der Waals surface area contributed by atoms with Crippen LogP contribution in [0.4, 0.5) is 0 Å². The van der Waals surface area contributed by atoms with Gasteiger partial charge in [-0.15, -0.1) is 0 Å². The first-order valence-electron chi connectivity index (χ1n) is 6.20. The molecule has 0 amide bonds. The van der Waals surface area contributed by atoms with E-state index in [4.69, 9.17) is 9.47 Å². The maximum absolute atomic E-state index is 5.69. The third-order valence-corrected chi connectivity index (χ3v) is 3.34. The van der Waals surface area contributed by atoms with Gasteiger partial charge in [0.05, 0.1) is 25.4 Å². The predicted octanol–water partition coefficient (Wildman–Crippen LogP) is 1.92. The lowest BCUT2D eigenvalue weighted by atomic mass is 10.1. The molecule has 0 aliphatic carbocycles. The zero-order valence-corrected chi connectivity index (χ0v) is 10.6. The molecule has 2 rings (SSSR count). The van der Waals surface area contributed by atoms with E-state index in [0.29, 0.717) is 6.04 Å². The van der Waals surface area contributed by atoms with Crippen LogP contribution < -0.4 is 0 Å². The van der Waals surface area contributed by atoms with Crippen molar-refractivity contribution in [3.63, 3.8) is 0 Å². The van der Waals surface area contributed by atoms with Crippen LogP contribution in [0.15, 0.2) is 30.3 Å². The van der Waals surface area contributed by atoms with Crippen molar-refractivity contribution in [3.05, 3.63) is 35.9 Å². The van der Waals surface area contributed by atoms with E-state index in [1.165, 1.54) is 5.56 Å². The van der Waals surface area contributed by atoms with Crippen molar-refractivity contribution in [1.29, 1.82) is 0 Å². The minimum atomic E-state index is 0.243. The summed E-state index contributed by atoms with van der Waals surface area (Å²) in [5, 5.41) is 0. The van der Waals surface area contributed by atoms with Gasteiger partial charge in [-0.2, -0.15) is 0 Å². The standard InChI is InChI=1S/C14H21NO2/c1-12-14(11-16-2)15(8-9-17-12)10-13-6-4-3-5-7-13/h3-7,12,14H,8-11H2,1-2H3. The second-order valence-electron chi connectivity index (χ2n) is 4.55. The smallest absolute Gasteiger partial charge is 0.0725 e. The Morgan fingerprint density at radius 2 is 2.12 bits per heavy atom. The fraction of sp³-hybridized carbons (Fsp3) is 0.571. The Morgan fingerprint density at radius 3 is 2.82 bits per heavy atom. The van der Waals surface area contributed by atoms with Crippen LogP contribution in [0.1, 0.15) is 12.5 Å². The highest BCUT2D eigenvalue weighted by atomic mass is 16.5. The van der Waals surface area contributed by atoms with Gasteiger partial charge in [0.2, 0.25) is 0 Å². The van der Waals surface area contributed by atoms with Gasteiger partial charge in [-0.05, 0) is 12.5 Å². The number of ether oxygens (including phenoxy) is 2. The normalized spacial score (nSPS) is 26.0. The van der Waals surface area contributed by atoms with Crippen LogP contribution >= 0.6 is 0 Å². The Bertz CT molecular complexity index is 328. The summed E-state index contributed by atoms with van der Waals surface area (Å²) in [4.78, 5) is 2.45. The van der Waals surface area contributed by atoms with Crippen LogP contribution in [-0.2, 0) is 16.0 Å². The van der Waals surface area contributed by atoms with Crippen LogP contribution in [0, 0.1) is 0 Å². The van der Waals surface area contributed by atoms with Crippen molar-refractivity contribution in [2.45, 2.75) is 25.6 Å². The highest BCUT2D eigenvalue weighted by Gasteiger charge is 2.28. The quantitative estimate of drug-likeness (QED) is 0.796. The molecular formula is C14H21NO2. The molecule has 1 aliphatic rings. The van der Waals surface area contributed by atoms with Crippen molar-refractivity contribution < 1.29 is 9.47 Å². The second-order valence-corrected chi connectivity index (χ2v) is 4.55. The van der Waals surface area contributed by atoms with E-state index in [2.05, 4.69) is 42.2 Å². The van der Waals surface area contributed by atoms with E-state index in [-0.39, 0.29) is 6.10 Å². The van der Waals surface area contributed by atoms with Gasteiger partial charge in [0.25, 0.3) is 0 Å².